The van der Waals surface area contributed by atoms with Crippen LogP contribution in [0.15, 0.2) is 36.8 Å². The number of halogens is 3. The maximum Gasteiger partial charge on any atom is 0.433 e. The zero-order valence-electron chi connectivity index (χ0n) is 18.0. The number of fused-ring (bicyclic) bond motifs is 1. The van der Waals surface area contributed by atoms with Gasteiger partial charge in [0.2, 0.25) is 0 Å². The summed E-state index contributed by atoms with van der Waals surface area (Å²) >= 11 is 0. The Bertz CT molecular complexity index is 1180. The monoisotopic (exact) mass is 446 g/mol. The van der Waals surface area contributed by atoms with E-state index in [1.165, 1.54) is 18.5 Å². The minimum atomic E-state index is -4.51. The van der Waals surface area contributed by atoms with E-state index in [1.807, 2.05) is 6.92 Å². The largest absolute Gasteiger partial charge is 0.433 e. The van der Waals surface area contributed by atoms with Crippen LogP contribution in [0.2, 0.25) is 0 Å². The van der Waals surface area contributed by atoms with Crippen LogP contribution in [0, 0.1) is 5.41 Å². The van der Waals surface area contributed by atoms with Gasteiger partial charge in [0, 0.05) is 40.5 Å². The molecular weight excluding hydrogens is 421 g/mol. The van der Waals surface area contributed by atoms with Gasteiger partial charge in [0.15, 0.2) is 0 Å². The summed E-state index contributed by atoms with van der Waals surface area (Å²) in [5, 5.41) is 7.72. The molecule has 1 saturated carbocycles. The van der Waals surface area contributed by atoms with Crippen LogP contribution in [-0.2, 0) is 6.18 Å². The molecule has 1 aliphatic rings. The molecule has 3 aromatic heterocycles. The van der Waals surface area contributed by atoms with E-state index in [0.29, 0.717) is 22.3 Å². The van der Waals surface area contributed by atoms with Crippen LogP contribution in [0.5, 0.6) is 0 Å². The number of carbonyl (C=O) groups excluding carboxylic acids is 1. The number of aromatic nitrogens is 3. The van der Waals surface area contributed by atoms with E-state index in [2.05, 4.69) is 29.2 Å². The molecule has 0 saturated heterocycles. The lowest BCUT2D eigenvalue weighted by atomic mass is 9.75. The minimum Gasteiger partial charge on any atom is -0.379 e. The zero-order valence-corrected chi connectivity index (χ0v) is 18.0. The first-order valence-electron chi connectivity index (χ1n) is 10.2. The molecule has 10 heteroatoms. The number of hydrogen-bond acceptors (Lipinski definition) is 5. The molecule has 2 atom stereocenters. The first kappa shape index (κ1) is 22.1. The van der Waals surface area contributed by atoms with Crippen LogP contribution in [0.25, 0.3) is 16.6 Å². The van der Waals surface area contributed by atoms with Crippen LogP contribution in [-0.4, -0.2) is 32.1 Å². The molecule has 1 aliphatic carbocycles. The summed E-state index contributed by atoms with van der Waals surface area (Å²) in [6.45, 7) is 6.17. The SMILES string of the molecule is CC1(C)[C@H](Nc2c(C(N)=O)cnn3cc(-c4ccc(C(F)(F)F)nc4)cc23)CC[C@]1(C)N. The van der Waals surface area contributed by atoms with Crippen LogP contribution < -0.4 is 16.8 Å². The average Bonchev–Trinajstić information content (AvgIpc) is 3.22. The molecule has 3 heterocycles. The molecular formula is C22H25F3N6O. The van der Waals surface area contributed by atoms with Gasteiger partial charge in [-0.25, -0.2) is 4.52 Å². The summed E-state index contributed by atoms with van der Waals surface area (Å²) in [6.07, 6.45) is 1.33. The summed E-state index contributed by atoms with van der Waals surface area (Å²) in [4.78, 5) is 15.7. The molecule has 0 radical (unpaired) electrons. The normalized spacial score (nSPS) is 22.9. The van der Waals surface area contributed by atoms with Gasteiger partial charge in [0.05, 0.1) is 23.0 Å². The molecule has 1 amide bonds. The highest BCUT2D eigenvalue weighted by Crippen LogP contribution is 2.46. The number of anilines is 1. The molecule has 32 heavy (non-hydrogen) atoms. The van der Waals surface area contributed by atoms with Crippen molar-refractivity contribution < 1.29 is 18.0 Å². The second-order valence-corrected chi connectivity index (χ2v) is 9.16. The second kappa shape index (κ2) is 7.19. The molecule has 5 N–H and O–H groups in total. The van der Waals surface area contributed by atoms with E-state index >= 15 is 0 Å². The van der Waals surface area contributed by atoms with Crippen LogP contribution in [0.1, 0.15) is 49.7 Å². The van der Waals surface area contributed by atoms with Gasteiger partial charge in [0.25, 0.3) is 5.91 Å². The molecule has 7 nitrogen and oxygen atoms in total. The number of alkyl halides is 3. The highest BCUT2D eigenvalue weighted by Gasteiger charge is 2.49. The number of nitrogens with one attached hydrogen (secondary N) is 1. The van der Waals surface area contributed by atoms with Crippen molar-refractivity contribution in [2.24, 2.45) is 16.9 Å². The van der Waals surface area contributed by atoms with Crippen molar-refractivity contribution in [3.05, 3.63) is 48.0 Å². The van der Waals surface area contributed by atoms with Gasteiger partial charge < -0.3 is 16.8 Å². The zero-order chi connectivity index (χ0) is 23.5. The standard InChI is InChI=1S/C22H25F3N6O/c1-20(2)16(6-7-21(20,3)27)30-18-14(19(26)32)10-29-31-11-13(8-15(18)31)12-4-5-17(28-9-12)22(23,24)25/h4-5,8-11,16,30H,6-7,27H2,1-3H3,(H2,26,32)/t16-,21+/m1/s1. The lowest BCUT2D eigenvalue weighted by Gasteiger charge is -2.39. The van der Waals surface area contributed by atoms with Crippen molar-refractivity contribution in [3.63, 3.8) is 0 Å². The lowest BCUT2D eigenvalue weighted by molar-refractivity contribution is -0.141. The van der Waals surface area contributed by atoms with Crippen molar-refractivity contribution >= 4 is 17.1 Å². The number of amides is 1. The highest BCUT2D eigenvalue weighted by atomic mass is 19.4. The number of hydrogen-bond donors (Lipinski definition) is 3. The quantitative estimate of drug-likeness (QED) is 0.564. The number of rotatable bonds is 4. The van der Waals surface area contributed by atoms with E-state index < -0.39 is 17.8 Å². The van der Waals surface area contributed by atoms with Crippen molar-refractivity contribution in [1.29, 1.82) is 0 Å². The Balaban J connectivity index is 1.78. The first-order valence-corrected chi connectivity index (χ1v) is 10.2. The second-order valence-electron chi connectivity index (χ2n) is 9.16. The van der Waals surface area contributed by atoms with E-state index in [-0.39, 0.29) is 22.6 Å². The van der Waals surface area contributed by atoms with Crippen molar-refractivity contribution in [2.45, 2.75) is 51.4 Å². The Labute approximate surface area is 183 Å². The Morgan fingerprint density at radius 2 is 1.94 bits per heavy atom. The fourth-order valence-electron chi connectivity index (χ4n) is 4.24. The Morgan fingerprint density at radius 3 is 2.47 bits per heavy atom. The topological polar surface area (TPSA) is 111 Å². The van der Waals surface area contributed by atoms with Crippen molar-refractivity contribution in [1.82, 2.24) is 14.6 Å². The maximum atomic E-state index is 12.8. The molecule has 0 aliphatic heterocycles. The van der Waals surface area contributed by atoms with Crippen LogP contribution in [0.3, 0.4) is 0 Å². The van der Waals surface area contributed by atoms with Crippen LogP contribution >= 0.6 is 0 Å². The summed E-state index contributed by atoms with van der Waals surface area (Å²) in [6, 6.07) is 4.01. The molecule has 1 fully saturated rings. The third-order valence-electron chi connectivity index (χ3n) is 6.90. The number of carbonyl (C=O) groups is 1. The van der Waals surface area contributed by atoms with Gasteiger partial charge in [-0.2, -0.15) is 18.3 Å². The molecule has 0 bridgehead atoms. The van der Waals surface area contributed by atoms with E-state index in [9.17, 15) is 18.0 Å². The molecule has 3 aromatic rings. The van der Waals surface area contributed by atoms with Crippen molar-refractivity contribution in [2.75, 3.05) is 5.32 Å². The smallest absolute Gasteiger partial charge is 0.379 e. The molecule has 0 aromatic carbocycles. The summed E-state index contributed by atoms with van der Waals surface area (Å²) in [5.41, 5.74) is 12.9. The Hall–Kier alpha value is -3.14. The van der Waals surface area contributed by atoms with Gasteiger partial charge >= 0.3 is 6.18 Å². The third kappa shape index (κ3) is 3.58. The Morgan fingerprint density at radius 1 is 1.22 bits per heavy atom. The lowest BCUT2D eigenvalue weighted by Crippen LogP contribution is -2.51. The first-order chi connectivity index (χ1) is 14.8. The van der Waals surface area contributed by atoms with Gasteiger partial charge in [-0.15, -0.1) is 0 Å². The van der Waals surface area contributed by atoms with Gasteiger partial charge in [0.1, 0.15) is 5.69 Å². The number of pyridine rings is 1. The summed E-state index contributed by atoms with van der Waals surface area (Å²) in [5.74, 6) is -0.632. The minimum absolute atomic E-state index is 0.0205. The fraction of sp³-hybridized carbons (Fsp3) is 0.409. The van der Waals surface area contributed by atoms with E-state index in [1.54, 1.807) is 16.8 Å². The van der Waals surface area contributed by atoms with Crippen LogP contribution in [0.4, 0.5) is 18.9 Å². The van der Waals surface area contributed by atoms with E-state index in [4.69, 9.17) is 11.5 Å². The maximum absolute atomic E-state index is 12.8. The predicted octanol–water partition coefficient (Wildman–Crippen LogP) is 3.83. The average molecular weight is 446 g/mol. The number of nitrogens with zero attached hydrogens (tertiary/aromatic N) is 3. The highest BCUT2D eigenvalue weighted by molar-refractivity contribution is 6.02. The van der Waals surface area contributed by atoms with E-state index in [0.717, 1.165) is 18.9 Å². The number of nitrogens with two attached hydrogens (primary N) is 2. The summed E-state index contributed by atoms with van der Waals surface area (Å²) < 4.78 is 40.1. The van der Waals surface area contributed by atoms with Crippen molar-refractivity contribution in [3.8, 4) is 11.1 Å². The number of primary amides is 1. The van der Waals surface area contributed by atoms with Gasteiger partial charge in [-0.1, -0.05) is 19.9 Å². The fourth-order valence-corrected chi connectivity index (χ4v) is 4.24. The predicted molar refractivity (Wildman–Crippen MR) is 115 cm³/mol. The van der Waals surface area contributed by atoms with Gasteiger partial charge in [-0.3, -0.25) is 9.78 Å². The van der Waals surface area contributed by atoms with Gasteiger partial charge in [-0.05, 0) is 31.9 Å². The molecule has 4 rings (SSSR count). The Kier molecular flexibility index (Phi) is 4.96. The molecule has 170 valence electrons. The third-order valence-corrected chi connectivity index (χ3v) is 6.90. The molecule has 0 spiro atoms. The summed E-state index contributed by atoms with van der Waals surface area (Å²) in [7, 11) is 0. The molecule has 0 unspecified atom stereocenters.